The molecule has 0 atom stereocenters. The monoisotopic (exact) mass is 297 g/mol. The zero-order chi connectivity index (χ0) is 15.2. The second kappa shape index (κ2) is 7.36. The highest BCUT2D eigenvalue weighted by Gasteiger charge is 2.10. The second-order valence-corrected chi connectivity index (χ2v) is 5.79. The maximum absolute atomic E-state index is 5.86. The minimum Gasteiger partial charge on any atom is -0.476 e. The van der Waals surface area contributed by atoms with Crippen LogP contribution in [0.25, 0.3) is 11.4 Å². The normalized spacial score (nSPS) is 15.7. The van der Waals surface area contributed by atoms with E-state index in [9.17, 15) is 0 Å². The van der Waals surface area contributed by atoms with Crippen molar-refractivity contribution in [2.45, 2.75) is 26.2 Å². The van der Waals surface area contributed by atoms with Crippen molar-refractivity contribution in [2.24, 2.45) is 0 Å². The summed E-state index contributed by atoms with van der Waals surface area (Å²) < 4.78 is 5.86. The fourth-order valence-corrected chi connectivity index (χ4v) is 2.79. The molecule has 0 bridgehead atoms. The lowest BCUT2D eigenvalue weighted by molar-refractivity contribution is 0.180. The molecule has 0 saturated carbocycles. The van der Waals surface area contributed by atoms with Gasteiger partial charge in [0.1, 0.15) is 6.61 Å². The molecule has 3 rings (SSSR count). The summed E-state index contributed by atoms with van der Waals surface area (Å²) in [6.45, 7) is 6.03. The Morgan fingerprint density at radius 1 is 1.05 bits per heavy atom. The molecule has 4 heteroatoms. The Hall–Kier alpha value is -1.94. The number of aryl methyl sites for hydroxylation is 1. The van der Waals surface area contributed by atoms with E-state index in [2.05, 4.69) is 14.9 Å². The first-order valence-electron chi connectivity index (χ1n) is 8.07. The van der Waals surface area contributed by atoms with E-state index >= 15 is 0 Å². The fourth-order valence-electron chi connectivity index (χ4n) is 2.79. The average molecular weight is 297 g/mol. The summed E-state index contributed by atoms with van der Waals surface area (Å²) >= 11 is 0. The summed E-state index contributed by atoms with van der Waals surface area (Å²) in [5.41, 5.74) is 1.95. The van der Waals surface area contributed by atoms with E-state index < -0.39 is 0 Å². The SMILES string of the molecule is Cc1cc(OCCN2CCCCC2)nc(-c2ccccc2)n1. The van der Waals surface area contributed by atoms with Gasteiger partial charge in [-0.2, -0.15) is 4.98 Å². The zero-order valence-electron chi connectivity index (χ0n) is 13.2. The molecule has 1 fully saturated rings. The first-order valence-corrected chi connectivity index (χ1v) is 8.07. The summed E-state index contributed by atoms with van der Waals surface area (Å²) in [6, 6.07) is 11.9. The van der Waals surface area contributed by atoms with Gasteiger partial charge in [-0.1, -0.05) is 36.8 Å². The van der Waals surface area contributed by atoms with Gasteiger partial charge in [0.15, 0.2) is 5.82 Å². The summed E-state index contributed by atoms with van der Waals surface area (Å²) in [7, 11) is 0. The van der Waals surface area contributed by atoms with Crippen molar-refractivity contribution in [3.8, 4) is 17.3 Å². The molecule has 0 radical (unpaired) electrons. The Bertz CT molecular complexity index is 595. The molecule has 1 aromatic carbocycles. The predicted octanol–water partition coefficient (Wildman–Crippen LogP) is 3.32. The number of rotatable bonds is 5. The molecule has 1 aliphatic heterocycles. The third-order valence-electron chi connectivity index (χ3n) is 3.97. The molecule has 0 amide bonds. The average Bonchev–Trinajstić information content (AvgIpc) is 2.56. The lowest BCUT2D eigenvalue weighted by Gasteiger charge is -2.26. The van der Waals surface area contributed by atoms with E-state index in [0.29, 0.717) is 12.5 Å². The molecule has 116 valence electrons. The Morgan fingerprint density at radius 3 is 2.59 bits per heavy atom. The van der Waals surface area contributed by atoms with E-state index in [0.717, 1.165) is 23.6 Å². The van der Waals surface area contributed by atoms with Crippen LogP contribution in [0, 0.1) is 6.92 Å². The van der Waals surface area contributed by atoms with Crippen LogP contribution in [-0.4, -0.2) is 41.1 Å². The van der Waals surface area contributed by atoms with Crippen molar-refractivity contribution in [1.29, 1.82) is 0 Å². The van der Waals surface area contributed by atoms with Gasteiger partial charge in [-0.15, -0.1) is 0 Å². The summed E-state index contributed by atoms with van der Waals surface area (Å²) in [5, 5.41) is 0. The zero-order valence-corrected chi connectivity index (χ0v) is 13.2. The molecular formula is C18H23N3O. The molecule has 2 heterocycles. The van der Waals surface area contributed by atoms with Gasteiger partial charge >= 0.3 is 0 Å². The number of aromatic nitrogens is 2. The largest absolute Gasteiger partial charge is 0.476 e. The predicted molar refractivity (Wildman–Crippen MR) is 88.0 cm³/mol. The van der Waals surface area contributed by atoms with Gasteiger partial charge in [0.25, 0.3) is 0 Å². The number of hydrogen-bond acceptors (Lipinski definition) is 4. The number of benzene rings is 1. The second-order valence-electron chi connectivity index (χ2n) is 5.79. The van der Waals surface area contributed by atoms with Gasteiger partial charge in [-0.25, -0.2) is 4.98 Å². The first kappa shape index (κ1) is 15.0. The maximum atomic E-state index is 5.86. The van der Waals surface area contributed by atoms with Crippen molar-refractivity contribution >= 4 is 0 Å². The molecule has 1 saturated heterocycles. The highest BCUT2D eigenvalue weighted by Crippen LogP contribution is 2.18. The van der Waals surface area contributed by atoms with Crippen LogP contribution >= 0.6 is 0 Å². The lowest BCUT2D eigenvalue weighted by atomic mass is 10.1. The Labute approximate surface area is 132 Å². The van der Waals surface area contributed by atoms with Crippen molar-refractivity contribution in [2.75, 3.05) is 26.2 Å². The summed E-state index contributed by atoms with van der Waals surface area (Å²) in [5.74, 6) is 1.40. The number of hydrogen-bond donors (Lipinski definition) is 0. The molecule has 1 aromatic heterocycles. The number of likely N-dealkylation sites (tertiary alicyclic amines) is 1. The topological polar surface area (TPSA) is 38.2 Å². The molecule has 4 nitrogen and oxygen atoms in total. The maximum Gasteiger partial charge on any atom is 0.217 e. The molecule has 0 aliphatic carbocycles. The van der Waals surface area contributed by atoms with Crippen molar-refractivity contribution < 1.29 is 4.74 Å². The van der Waals surface area contributed by atoms with Gasteiger partial charge in [0.2, 0.25) is 5.88 Å². The number of ether oxygens (including phenoxy) is 1. The molecule has 0 N–H and O–H groups in total. The van der Waals surface area contributed by atoms with Gasteiger partial charge in [-0.05, 0) is 32.9 Å². The summed E-state index contributed by atoms with van der Waals surface area (Å²) in [6.07, 6.45) is 3.98. The van der Waals surface area contributed by atoms with Crippen LogP contribution in [-0.2, 0) is 0 Å². The van der Waals surface area contributed by atoms with E-state index in [-0.39, 0.29) is 0 Å². The van der Waals surface area contributed by atoms with Crippen LogP contribution in [0.1, 0.15) is 25.0 Å². The molecule has 22 heavy (non-hydrogen) atoms. The van der Waals surface area contributed by atoms with Crippen molar-refractivity contribution in [3.63, 3.8) is 0 Å². The van der Waals surface area contributed by atoms with Crippen molar-refractivity contribution in [1.82, 2.24) is 14.9 Å². The Balaban J connectivity index is 1.62. The quantitative estimate of drug-likeness (QED) is 0.848. The first-order chi connectivity index (χ1) is 10.8. The molecular weight excluding hydrogens is 274 g/mol. The van der Waals surface area contributed by atoms with E-state index in [4.69, 9.17) is 4.74 Å². The fraction of sp³-hybridized carbons (Fsp3) is 0.444. The molecule has 0 spiro atoms. The van der Waals surface area contributed by atoms with Crippen LogP contribution in [0.3, 0.4) is 0 Å². The minimum atomic E-state index is 0.670. The van der Waals surface area contributed by atoms with Crippen LogP contribution < -0.4 is 4.74 Å². The van der Waals surface area contributed by atoms with Crippen LogP contribution in [0.15, 0.2) is 36.4 Å². The number of nitrogens with zero attached hydrogens (tertiary/aromatic N) is 3. The van der Waals surface area contributed by atoms with E-state index in [1.165, 1.54) is 32.4 Å². The lowest BCUT2D eigenvalue weighted by Crippen LogP contribution is -2.33. The number of piperidine rings is 1. The Morgan fingerprint density at radius 2 is 1.82 bits per heavy atom. The third-order valence-corrected chi connectivity index (χ3v) is 3.97. The van der Waals surface area contributed by atoms with Gasteiger partial charge < -0.3 is 4.74 Å². The smallest absolute Gasteiger partial charge is 0.217 e. The molecule has 1 aliphatic rings. The highest BCUT2D eigenvalue weighted by molar-refractivity contribution is 5.55. The van der Waals surface area contributed by atoms with Gasteiger partial charge in [0, 0.05) is 23.9 Å². The standard InChI is InChI=1S/C18H23N3O/c1-15-14-17(22-13-12-21-10-6-3-7-11-21)20-18(19-15)16-8-4-2-5-9-16/h2,4-5,8-9,14H,3,6-7,10-13H2,1H3. The van der Waals surface area contributed by atoms with Gasteiger partial charge in [0.05, 0.1) is 0 Å². The van der Waals surface area contributed by atoms with Crippen LogP contribution in [0.5, 0.6) is 5.88 Å². The van der Waals surface area contributed by atoms with Crippen LogP contribution in [0.2, 0.25) is 0 Å². The Kier molecular flexibility index (Phi) is 5.01. The van der Waals surface area contributed by atoms with Gasteiger partial charge in [-0.3, -0.25) is 4.90 Å². The highest BCUT2D eigenvalue weighted by atomic mass is 16.5. The third kappa shape index (κ3) is 4.04. The van der Waals surface area contributed by atoms with Crippen LogP contribution in [0.4, 0.5) is 0 Å². The van der Waals surface area contributed by atoms with E-state index in [1.807, 2.05) is 43.3 Å². The molecule has 2 aromatic rings. The minimum absolute atomic E-state index is 0.670. The summed E-state index contributed by atoms with van der Waals surface area (Å²) in [4.78, 5) is 11.5. The molecule has 0 unspecified atom stereocenters. The van der Waals surface area contributed by atoms with Crippen molar-refractivity contribution in [3.05, 3.63) is 42.1 Å². The van der Waals surface area contributed by atoms with E-state index in [1.54, 1.807) is 0 Å².